The Morgan fingerprint density at radius 1 is 1.00 bits per heavy atom. The van der Waals surface area contributed by atoms with Crippen LogP contribution in [0.5, 0.6) is 0 Å². The summed E-state index contributed by atoms with van der Waals surface area (Å²) < 4.78 is 1.65. The largest absolute Gasteiger partial charge is 0.333 e. The molecule has 3 heteroatoms. The van der Waals surface area contributed by atoms with Crippen LogP contribution in [-0.4, -0.2) is 10.6 Å². The highest BCUT2D eigenvalue weighted by Crippen LogP contribution is 2.14. The lowest BCUT2D eigenvalue weighted by molar-refractivity contribution is 0.243. The van der Waals surface area contributed by atoms with Crippen LogP contribution < -0.4 is 5.32 Å². The van der Waals surface area contributed by atoms with E-state index in [1.807, 2.05) is 30.3 Å². The van der Waals surface area contributed by atoms with E-state index in [2.05, 4.69) is 36.5 Å². The zero-order valence-electron chi connectivity index (χ0n) is 12.0. The highest BCUT2D eigenvalue weighted by molar-refractivity contribution is 5.91. The van der Waals surface area contributed by atoms with Crippen molar-refractivity contribution in [3.05, 3.63) is 71.9 Å². The summed E-state index contributed by atoms with van der Waals surface area (Å²) in [6.45, 7) is 2.67. The standard InChI is InChI=1S/C18H18N2O/c1-2-14-7-9-15(10-8-14)13-19-18(21)20-12-11-16-5-3-4-6-17(16)20/h3-12H,2,13H2,1H3,(H,19,21). The normalized spacial score (nSPS) is 10.7. The van der Waals surface area contributed by atoms with Crippen LogP contribution in [0.25, 0.3) is 10.9 Å². The number of amides is 1. The zero-order chi connectivity index (χ0) is 14.7. The molecule has 0 atom stereocenters. The van der Waals surface area contributed by atoms with Crippen molar-refractivity contribution in [1.29, 1.82) is 0 Å². The summed E-state index contributed by atoms with van der Waals surface area (Å²) in [5.74, 6) is 0. The van der Waals surface area contributed by atoms with Gasteiger partial charge in [-0.15, -0.1) is 0 Å². The van der Waals surface area contributed by atoms with Gasteiger partial charge in [0, 0.05) is 18.1 Å². The highest BCUT2D eigenvalue weighted by Gasteiger charge is 2.07. The first-order valence-corrected chi connectivity index (χ1v) is 7.20. The highest BCUT2D eigenvalue weighted by atomic mass is 16.2. The van der Waals surface area contributed by atoms with E-state index in [0.717, 1.165) is 22.9 Å². The van der Waals surface area contributed by atoms with Crippen molar-refractivity contribution in [2.45, 2.75) is 19.9 Å². The molecule has 0 aliphatic carbocycles. The van der Waals surface area contributed by atoms with E-state index < -0.39 is 0 Å². The summed E-state index contributed by atoms with van der Waals surface area (Å²) in [5.41, 5.74) is 3.34. The smallest absolute Gasteiger partial charge is 0.326 e. The second kappa shape index (κ2) is 5.83. The van der Waals surface area contributed by atoms with Crippen LogP contribution in [-0.2, 0) is 13.0 Å². The quantitative estimate of drug-likeness (QED) is 0.773. The van der Waals surface area contributed by atoms with Crippen molar-refractivity contribution in [1.82, 2.24) is 9.88 Å². The maximum Gasteiger partial charge on any atom is 0.326 e. The summed E-state index contributed by atoms with van der Waals surface area (Å²) in [6, 6.07) is 18.0. The Morgan fingerprint density at radius 2 is 1.71 bits per heavy atom. The van der Waals surface area contributed by atoms with Crippen molar-refractivity contribution in [2.75, 3.05) is 0 Å². The number of aromatic nitrogens is 1. The van der Waals surface area contributed by atoms with E-state index in [1.165, 1.54) is 5.56 Å². The minimum absolute atomic E-state index is 0.101. The van der Waals surface area contributed by atoms with Crippen molar-refractivity contribution in [3.63, 3.8) is 0 Å². The number of aryl methyl sites for hydroxylation is 1. The number of benzene rings is 2. The Kier molecular flexibility index (Phi) is 3.73. The zero-order valence-corrected chi connectivity index (χ0v) is 12.0. The van der Waals surface area contributed by atoms with Gasteiger partial charge in [-0.2, -0.15) is 0 Å². The molecule has 0 saturated carbocycles. The Morgan fingerprint density at radius 3 is 2.48 bits per heavy atom. The summed E-state index contributed by atoms with van der Waals surface area (Å²) in [7, 11) is 0. The number of carbonyl (C=O) groups is 1. The number of para-hydroxylation sites is 1. The van der Waals surface area contributed by atoms with E-state index in [4.69, 9.17) is 0 Å². The monoisotopic (exact) mass is 278 g/mol. The molecule has 0 aliphatic rings. The molecule has 0 radical (unpaired) electrons. The summed E-state index contributed by atoms with van der Waals surface area (Å²) in [4.78, 5) is 12.3. The molecule has 21 heavy (non-hydrogen) atoms. The minimum Gasteiger partial charge on any atom is -0.333 e. The molecule has 3 nitrogen and oxygen atoms in total. The topological polar surface area (TPSA) is 34.0 Å². The van der Waals surface area contributed by atoms with E-state index >= 15 is 0 Å². The fraction of sp³-hybridized carbons (Fsp3) is 0.167. The SMILES string of the molecule is CCc1ccc(CNC(=O)n2ccc3ccccc32)cc1. The lowest BCUT2D eigenvalue weighted by Crippen LogP contribution is -2.27. The Bertz CT molecular complexity index is 756. The molecule has 1 N–H and O–H groups in total. The Balaban J connectivity index is 1.71. The average Bonchev–Trinajstić information content (AvgIpc) is 2.97. The molecule has 1 amide bonds. The molecule has 106 valence electrons. The van der Waals surface area contributed by atoms with Crippen LogP contribution in [0, 0.1) is 0 Å². The van der Waals surface area contributed by atoms with Crippen molar-refractivity contribution >= 4 is 16.9 Å². The van der Waals surface area contributed by atoms with Gasteiger partial charge in [0.05, 0.1) is 5.52 Å². The first-order chi connectivity index (χ1) is 10.3. The third-order valence-corrected chi connectivity index (χ3v) is 3.69. The van der Waals surface area contributed by atoms with Crippen LogP contribution >= 0.6 is 0 Å². The summed E-state index contributed by atoms with van der Waals surface area (Å²) in [5, 5.41) is 4.02. The van der Waals surface area contributed by atoms with E-state index in [-0.39, 0.29) is 6.03 Å². The number of hydrogen-bond donors (Lipinski definition) is 1. The molecular formula is C18H18N2O. The summed E-state index contributed by atoms with van der Waals surface area (Å²) in [6.07, 6.45) is 2.84. The predicted octanol–water partition coefficient (Wildman–Crippen LogP) is 3.96. The Hall–Kier alpha value is -2.55. The van der Waals surface area contributed by atoms with Crippen molar-refractivity contribution in [2.24, 2.45) is 0 Å². The first kappa shape index (κ1) is 13.4. The maximum absolute atomic E-state index is 12.3. The van der Waals surface area contributed by atoms with Crippen LogP contribution in [0.1, 0.15) is 18.1 Å². The van der Waals surface area contributed by atoms with Gasteiger partial charge in [-0.25, -0.2) is 4.79 Å². The number of fused-ring (bicyclic) bond motifs is 1. The molecule has 3 rings (SSSR count). The lowest BCUT2D eigenvalue weighted by atomic mass is 10.1. The van der Waals surface area contributed by atoms with Gasteiger partial charge in [-0.3, -0.25) is 4.57 Å². The molecule has 3 aromatic rings. The van der Waals surface area contributed by atoms with E-state index in [1.54, 1.807) is 10.8 Å². The van der Waals surface area contributed by atoms with Crippen LogP contribution in [0.2, 0.25) is 0 Å². The van der Waals surface area contributed by atoms with Gasteiger partial charge in [0.25, 0.3) is 0 Å². The molecule has 0 bridgehead atoms. The van der Waals surface area contributed by atoms with E-state index in [0.29, 0.717) is 6.54 Å². The molecule has 1 heterocycles. The maximum atomic E-state index is 12.3. The predicted molar refractivity (Wildman–Crippen MR) is 85.4 cm³/mol. The second-order valence-electron chi connectivity index (χ2n) is 5.07. The fourth-order valence-electron chi connectivity index (χ4n) is 2.42. The number of hydrogen-bond acceptors (Lipinski definition) is 1. The molecule has 0 aliphatic heterocycles. The first-order valence-electron chi connectivity index (χ1n) is 7.20. The molecule has 0 fully saturated rings. The fourth-order valence-corrected chi connectivity index (χ4v) is 2.42. The lowest BCUT2D eigenvalue weighted by Gasteiger charge is -2.08. The number of carbonyl (C=O) groups excluding carboxylic acids is 1. The van der Waals surface area contributed by atoms with E-state index in [9.17, 15) is 4.79 Å². The number of nitrogens with one attached hydrogen (secondary N) is 1. The van der Waals surface area contributed by atoms with Crippen LogP contribution in [0.15, 0.2) is 60.8 Å². The number of rotatable bonds is 3. The average molecular weight is 278 g/mol. The van der Waals surface area contributed by atoms with Crippen molar-refractivity contribution < 1.29 is 4.79 Å². The molecular weight excluding hydrogens is 260 g/mol. The molecule has 0 spiro atoms. The Labute approximate surface area is 124 Å². The van der Waals surface area contributed by atoms with Crippen molar-refractivity contribution in [3.8, 4) is 0 Å². The number of nitrogens with zero attached hydrogens (tertiary/aromatic N) is 1. The summed E-state index contributed by atoms with van der Waals surface area (Å²) >= 11 is 0. The van der Waals surface area contributed by atoms with Crippen LogP contribution in [0.4, 0.5) is 4.79 Å². The van der Waals surface area contributed by atoms with Gasteiger partial charge < -0.3 is 5.32 Å². The molecule has 1 aromatic heterocycles. The molecule has 0 saturated heterocycles. The van der Waals surface area contributed by atoms with Gasteiger partial charge in [-0.1, -0.05) is 49.4 Å². The van der Waals surface area contributed by atoms with Gasteiger partial charge in [0.15, 0.2) is 0 Å². The third kappa shape index (κ3) is 2.82. The second-order valence-corrected chi connectivity index (χ2v) is 5.07. The van der Waals surface area contributed by atoms with Gasteiger partial charge in [-0.05, 0) is 29.7 Å². The van der Waals surface area contributed by atoms with Gasteiger partial charge in [0.2, 0.25) is 0 Å². The third-order valence-electron chi connectivity index (χ3n) is 3.69. The van der Waals surface area contributed by atoms with Gasteiger partial charge in [0.1, 0.15) is 0 Å². The molecule has 2 aromatic carbocycles. The van der Waals surface area contributed by atoms with Crippen LogP contribution in [0.3, 0.4) is 0 Å². The van der Waals surface area contributed by atoms with Gasteiger partial charge >= 0.3 is 6.03 Å². The molecule has 0 unspecified atom stereocenters. The minimum atomic E-state index is -0.101.